The monoisotopic (exact) mass is 247 g/mol. The van der Waals surface area contributed by atoms with Gasteiger partial charge in [-0.1, -0.05) is 30.0 Å². The van der Waals surface area contributed by atoms with Crippen molar-refractivity contribution in [3.63, 3.8) is 0 Å². The van der Waals surface area contributed by atoms with Crippen LogP contribution in [0.4, 0.5) is 0 Å². The van der Waals surface area contributed by atoms with Gasteiger partial charge in [0, 0.05) is 19.2 Å². The number of carbonyl (C=O) groups is 1. The molecule has 0 amide bonds. The molecule has 0 spiro atoms. The predicted octanol–water partition coefficient (Wildman–Crippen LogP) is 1.07. The molecule has 0 fully saturated rings. The molecular weight excluding hydrogens is 230 g/mol. The van der Waals surface area contributed by atoms with Crippen molar-refractivity contribution in [2.75, 3.05) is 33.4 Å². The third-order valence-electron chi connectivity index (χ3n) is 2.28. The maximum atomic E-state index is 10.7. The highest BCUT2D eigenvalue weighted by atomic mass is 16.5. The summed E-state index contributed by atoms with van der Waals surface area (Å²) in [5.74, 6) is 5.12. The molecule has 18 heavy (non-hydrogen) atoms. The summed E-state index contributed by atoms with van der Waals surface area (Å²) in [6.07, 6.45) is 0. The molecule has 1 aromatic rings. The van der Waals surface area contributed by atoms with Crippen molar-refractivity contribution in [1.29, 1.82) is 0 Å². The lowest BCUT2D eigenvalue weighted by Crippen LogP contribution is -2.33. The molecule has 1 N–H and O–H groups in total. The van der Waals surface area contributed by atoms with Crippen LogP contribution < -0.4 is 0 Å². The van der Waals surface area contributed by atoms with Gasteiger partial charge in [-0.3, -0.25) is 9.69 Å². The van der Waals surface area contributed by atoms with Gasteiger partial charge >= 0.3 is 5.97 Å². The first-order valence-electron chi connectivity index (χ1n) is 5.69. The topological polar surface area (TPSA) is 49.8 Å². The maximum absolute atomic E-state index is 10.7. The molecule has 4 heteroatoms. The Bertz CT molecular complexity index is 420. The quantitative estimate of drug-likeness (QED) is 0.764. The first-order valence-corrected chi connectivity index (χ1v) is 5.69. The van der Waals surface area contributed by atoms with E-state index >= 15 is 0 Å². The van der Waals surface area contributed by atoms with Gasteiger partial charge in [0.05, 0.1) is 19.7 Å². The van der Waals surface area contributed by atoms with E-state index in [1.54, 1.807) is 12.0 Å². The van der Waals surface area contributed by atoms with E-state index < -0.39 is 5.97 Å². The van der Waals surface area contributed by atoms with Gasteiger partial charge in [0.15, 0.2) is 0 Å². The third-order valence-corrected chi connectivity index (χ3v) is 2.28. The number of benzene rings is 1. The predicted molar refractivity (Wildman–Crippen MR) is 69.3 cm³/mol. The van der Waals surface area contributed by atoms with E-state index in [2.05, 4.69) is 11.8 Å². The van der Waals surface area contributed by atoms with Gasteiger partial charge in [-0.2, -0.15) is 0 Å². The first kappa shape index (κ1) is 14.2. The number of hydrogen-bond acceptors (Lipinski definition) is 3. The zero-order valence-electron chi connectivity index (χ0n) is 10.4. The second-order valence-corrected chi connectivity index (χ2v) is 3.76. The molecule has 1 aromatic carbocycles. The number of carboxylic acid groups (broad SMARTS) is 1. The first-order chi connectivity index (χ1) is 8.72. The summed E-state index contributed by atoms with van der Waals surface area (Å²) in [6.45, 7) is 1.46. The molecule has 0 saturated heterocycles. The summed E-state index contributed by atoms with van der Waals surface area (Å²) in [6, 6.07) is 9.61. The highest BCUT2D eigenvalue weighted by Gasteiger charge is 2.07. The largest absolute Gasteiger partial charge is 0.480 e. The van der Waals surface area contributed by atoms with Crippen LogP contribution in [0.1, 0.15) is 5.56 Å². The van der Waals surface area contributed by atoms with Crippen LogP contribution in [0.15, 0.2) is 30.3 Å². The lowest BCUT2D eigenvalue weighted by atomic mass is 10.2. The molecule has 0 heterocycles. The lowest BCUT2D eigenvalue weighted by molar-refractivity contribution is -0.138. The molecule has 4 nitrogen and oxygen atoms in total. The van der Waals surface area contributed by atoms with Gasteiger partial charge < -0.3 is 9.84 Å². The van der Waals surface area contributed by atoms with Crippen LogP contribution in [0.2, 0.25) is 0 Å². The fraction of sp³-hybridized carbons (Fsp3) is 0.357. The SMILES string of the molecule is COCCN(CC#Cc1ccccc1)CC(=O)O. The fourth-order valence-corrected chi connectivity index (χ4v) is 1.40. The van der Waals surface area contributed by atoms with Crippen molar-refractivity contribution in [2.24, 2.45) is 0 Å². The number of methoxy groups -OCH3 is 1. The minimum absolute atomic E-state index is 0.0210. The Hall–Kier alpha value is -1.83. The summed E-state index contributed by atoms with van der Waals surface area (Å²) < 4.78 is 4.94. The van der Waals surface area contributed by atoms with Crippen molar-refractivity contribution in [3.05, 3.63) is 35.9 Å². The summed E-state index contributed by atoms with van der Waals surface area (Å²) in [7, 11) is 1.59. The lowest BCUT2D eigenvalue weighted by Gasteiger charge is -2.16. The average Bonchev–Trinajstić information content (AvgIpc) is 2.36. The molecular formula is C14H17NO3. The van der Waals surface area contributed by atoms with Crippen molar-refractivity contribution in [1.82, 2.24) is 4.90 Å². The van der Waals surface area contributed by atoms with E-state index in [4.69, 9.17) is 9.84 Å². The van der Waals surface area contributed by atoms with Crippen LogP contribution in [-0.4, -0.2) is 49.3 Å². The molecule has 0 aliphatic carbocycles. The minimum atomic E-state index is -0.854. The minimum Gasteiger partial charge on any atom is -0.480 e. The number of ether oxygens (including phenoxy) is 1. The Morgan fingerprint density at radius 3 is 2.72 bits per heavy atom. The standard InChI is InChI=1S/C14H17NO3/c1-18-11-10-15(12-14(16)17)9-5-8-13-6-3-2-4-7-13/h2-4,6-7H,9-12H2,1H3,(H,16,17). The molecule has 0 saturated carbocycles. The van der Waals surface area contributed by atoms with Gasteiger partial charge in [0.1, 0.15) is 0 Å². The van der Waals surface area contributed by atoms with Gasteiger partial charge in [0.2, 0.25) is 0 Å². The molecule has 0 radical (unpaired) electrons. The van der Waals surface area contributed by atoms with Crippen molar-refractivity contribution >= 4 is 5.97 Å². The van der Waals surface area contributed by atoms with E-state index in [0.29, 0.717) is 19.7 Å². The highest BCUT2D eigenvalue weighted by molar-refractivity contribution is 5.69. The average molecular weight is 247 g/mol. The molecule has 0 aliphatic rings. The Labute approximate surface area is 107 Å². The molecule has 0 atom stereocenters. The van der Waals surface area contributed by atoms with Gasteiger partial charge in [-0.15, -0.1) is 0 Å². The Morgan fingerprint density at radius 1 is 1.39 bits per heavy atom. The van der Waals surface area contributed by atoms with Crippen LogP contribution in [0.3, 0.4) is 0 Å². The molecule has 0 aromatic heterocycles. The Morgan fingerprint density at radius 2 is 2.11 bits per heavy atom. The van der Waals surface area contributed by atoms with E-state index in [1.807, 2.05) is 30.3 Å². The molecule has 0 bridgehead atoms. The zero-order chi connectivity index (χ0) is 13.2. The number of carboxylic acids is 1. The van der Waals surface area contributed by atoms with Gasteiger partial charge in [-0.25, -0.2) is 0 Å². The maximum Gasteiger partial charge on any atom is 0.317 e. The van der Waals surface area contributed by atoms with Crippen molar-refractivity contribution < 1.29 is 14.6 Å². The smallest absolute Gasteiger partial charge is 0.317 e. The normalized spacial score (nSPS) is 9.89. The van der Waals surface area contributed by atoms with Crippen molar-refractivity contribution in [2.45, 2.75) is 0 Å². The zero-order valence-corrected chi connectivity index (χ0v) is 10.4. The van der Waals surface area contributed by atoms with Crippen LogP contribution in [0.5, 0.6) is 0 Å². The summed E-state index contributed by atoms with van der Waals surface area (Å²) >= 11 is 0. The van der Waals surface area contributed by atoms with E-state index in [-0.39, 0.29) is 6.54 Å². The van der Waals surface area contributed by atoms with E-state index in [9.17, 15) is 4.79 Å². The highest BCUT2D eigenvalue weighted by Crippen LogP contribution is 1.95. The van der Waals surface area contributed by atoms with Crippen LogP contribution in [0.25, 0.3) is 0 Å². The number of aliphatic carboxylic acids is 1. The Kier molecular flexibility index (Phi) is 6.55. The summed E-state index contributed by atoms with van der Waals surface area (Å²) in [5.41, 5.74) is 0.930. The number of hydrogen-bond donors (Lipinski definition) is 1. The third kappa shape index (κ3) is 6.04. The molecule has 0 unspecified atom stereocenters. The molecule has 96 valence electrons. The van der Waals surface area contributed by atoms with Crippen LogP contribution in [0, 0.1) is 11.8 Å². The van der Waals surface area contributed by atoms with Gasteiger partial charge in [0.25, 0.3) is 0 Å². The van der Waals surface area contributed by atoms with Crippen molar-refractivity contribution in [3.8, 4) is 11.8 Å². The second kappa shape index (κ2) is 8.29. The fourth-order valence-electron chi connectivity index (χ4n) is 1.40. The molecule has 1 rings (SSSR count). The van der Waals surface area contributed by atoms with Crippen LogP contribution >= 0.6 is 0 Å². The number of nitrogens with zero attached hydrogens (tertiary/aromatic N) is 1. The molecule has 0 aliphatic heterocycles. The van der Waals surface area contributed by atoms with E-state index in [0.717, 1.165) is 5.56 Å². The summed E-state index contributed by atoms with van der Waals surface area (Å²) in [5, 5.41) is 8.77. The number of rotatable bonds is 6. The second-order valence-electron chi connectivity index (χ2n) is 3.76. The van der Waals surface area contributed by atoms with E-state index in [1.165, 1.54) is 0 Å². The summed E-state index contributed by atoms with van der Waals surface area (Å²) in [4.78, 5) is 12.4. The Balaban J connectivity index is 2.50. The van der Waals surface area contributed by atoms with Gasteiger partial charge in [-0.05, 0) is 12.1 Å². The van der Waals surface area contributed by atoms with Crippen LogP contribution in [-0.2, 0) is 9.53 Å².